The number of rotatable bonds is 9. The molecule has 2 aliphatic rings. The third-order valence-electron chi connectivity index (χ3n) is 7.65. The first-order chi connectivity index (χ1) is 19.6. The first-order valence-electron chi connectivity index (χ1n) is 13.7. The number of likely N-dealkylation sites (N-methyl/N-ethyl adjacent to an activating group) is 1. The predicted molar refractivity (Wildman–Crippen MR) is 153 cm³/mol. The molecule has 0 unspecified atom stereocenters. The quantitative estimate of drug-likeness (QED) is 0.307. The van der Waals surface area contributed by atoms with Crippen molar-refractivity contribution in [1.82, 2.24) is 29.9 Å². The number of amides is 5. The molecule has 13 nitrogen and oxygen atoms in total. The fourth-order valence-corrected chi connectivity index (χ4v) is 5.83. The van der Waals surface area contributed by atoms with Crippen LogP contribution in [0.15, 0.2) is 36.4 Å². The maximum atomic E-state index is 13.7. The summed E-state index contributed by atoms with van der Waals surface area (Å²) in [6, 6.07) is 9.32. The molecule has 5 rings (SSSR count). The number of likely N-dealkylation sites (tertiary alicyclic amines) is 1. The van der Waals surface area contributed by atoms with Crippen LogP contribution in [0.25, 0.3) is 10.9 Å². The van der Waals surface area contributed by atoms with Crippen LogP contribution in [-0.4, -0.2) is 87.6 Å². The number of benzene rings is 1. The third kappa shape index (κ3) is 5.99. The zero-order valence-corrected chi connectivity index (χ0v) is 23.4. The summed E-state index contributed by atoms with van der Waals surface area (Å²) in [5, 5.41) is 13.2. The molecule has 1 saturated heterocycles. The van der Waals surface area contributed by atoms with Crippen LogP contribution in [0, 0.1) is 12.8 Å². The van der Waals surface area contributed by atoms with Gasteiger partial charge in [0, 0.05) is 35.9 Å². The van der Waals surface area contributed by atoms with Gasteiger partial charge >= 0.3 is 6.03 Å². The van der Waals surface area contributed by atoms with Gasteiger partial charge in [0.2, 0.25) is 11.8 Å². The van der Waals surface area contributed by atoms with E-state index >= 15 is 0 Å². The number of nitrogens with one attached hydrogen (secondary N) is 3. The number of nitrogens with two attached hydrogens (primary N) is 1. The lowest BCUT2D eigenvalue weighted by Crippen LogP contribution is -2.52. The summed E-state index contributed by atoms with van der Waals surface area (Å²) in [6.07, 6.45) is 2.48. The lowest BCUT2D eigenvalue weighted by Gasteiger charge is -2.34. The molecule has 5 N–H and O–H groups in total. The fourth-order valence-electron chi connectivity index (χ4n) is 5.83. The maximum absolute atomic E-state index is 13.7. The molecule has 2 aromatic heterocycles. The second-order valence-corrected chi connectivity index (χ2v) is 10.9. The molecule has 2 bridgehead atoms. The second kappa shape index (κ2) is 11.5. The van der Waals surface area contributed by atoms with Crippen molar-refractivity contribution in [2.75, 3.05) is 37.8 Å². The van der Waals surface area contributed by atoms with Gasteiger partial charge in [0.1, 0.15) is 18.4 Å². The number of anilines is 2. The van der Waals surface area contributed by atoms with Crippen molar-refractivity contribution in [2.45, 2.75) is 44.8 Å². The molecule has 3 heterocycles. The van der Waals surface area contributed by atoms with Crippen molar-refractivity contribution in [3.8, 4) is 0 Å². The minimum Gasteiger partial charge on any atom is -0.364 e. The molecule has 3 aromatic rings. The number of urea groups is 1. The highest BCUT2D eigenvalue weighted by Crippen LogP contribution is 2.43. The molecule has 5 amide bonds. The lowest BCUT2D eigenvalue weighted by molar-refractivity contribution is -0.141. The van der Waals surface area contributed by atoms with Crippen LogP contribution in [-0.2, 0) is 16.1 Å². The van der Waals surface area contributed by atoms with E-state index in [4.69, 9.17) is 5.73 Å². The SMILES string of the molecule is Cc1cccc(NC(=O)[C@@H]2[C@H]3CC[C@H](C3)N2C(=O)Cn2nc(C(N)=O)c3cc(NC(=O)NCCN(C)C)ccc32)n1. The Morgan fingerprint density at radius 2 is 1.90 bits per heavy atom. The van der Waals surface area contributed by atoms with Gasteiger partial charge in [0.05, 0.1) is 5.52 Å². The van der Waals surface area contributed by atoms with Crippen molar-refractivity contribution in [3.63, 3.8) is 0 Å². The standard InChI is InChI=1S/C28H35N9O4/c1-16-5-4-6-22(31-16)33-27(40)25-17-7-9-19(13-17)37(25)23(38)15-36-21-10-8-18(14-20(21)24(34-36)26(29)39)32-28(41)30-11-12-35(2)3/h4-6,8,10,14,17,19,25H,7,9,11-13,15H2,1-3H3,(H2,29,39)(H2,30,32,41)(H,31,33,40)/t17-,19+,25-/m0/s1. The molecule has 1 aliphatic heterocycles. The average Bonchev–Trinajstić information content (AvgIpc) is 3.62. The summed E-state index contributed by atoms with van der Waals surface area (Å²) in [5.74, 6) is -0.757. The van der Waals surface area contributed by atoms with E-state index < -0.39 is 11.9 Å². The Bertz CT molecular complexity index is 1500. The summed E-state index contributed by atoms with van der Waals surface area (Å²) < 4.78 is 1.43. The topological polar surface area (TPSA) is 168 Å². The molecule has 216 valence electrons. The first kappa shape index (κ1) is 28.0. The molecule has 0 radical (unpaired) electrons. The van der Waals surface area contributed by atoms with Crippen molar-refractivity contribution in [3.05, 3.63) is 47.8 Å². The number of aromatic nitrogens is 3. The number of aryl methyl sites for hydroxylation is 1. The van der Waals surface area contributed by atoms with Gasteiger partial charge in [-0.15, -0.1) is 0 Å². The monoisotopic (exact) mass is 561 g/mol. The minimum absolute atomic E-state index is 0.00720. The number of nitrogens with zero attached hydrogens (tertiary/aromatic N) is 5. The first-order valence-corrected chi connectivity index (χ1v) is 13.7. The zero-order chi connectivity index (χ0) is 29.3. The molecule has 41 heavy (non-hydrogen) atoms. The van der Waals surface area contributed by atoms with Crippen LogP contribution in [0.3, 0.4) is 0 Å². The summed E-state index contributed by atoms with van der Waals surface area (Å²) in [4.78, 5) is 59.5. The average molecular weight is 562 g/mol. The van der Waals surface area contributed by atoms with Gasteiger partial charge in [-0.1, -0.05) is 6.07 Å². The Kier molecular flexibility index (Phi) is 7.88. The highest BCUT2D eigenvalue weighted by molar-refractivity contribution is 6.06. The maximum Gasteiger partial charge on any atom is 0.319 e. The number of primary amides is 1. The van der Waals surface area contributed by atoms with Crippen LogP contribution in [0.5, 0.6) is 0 Å². The van der Waals surface area contributed by atoms with E-state index in [2.05, 4.69) is 26.0 Å². The van der Waals surface area contributed by atoms with E-state index in [-0.39, 0.29) is 42.0 Å². The Morgan fingerprint density at radius 3 is 2.63 bits per heavy atom. The highest BCUT2D eigenvalue weighted by Gasteiger charge is 2.51. The van der Waals surface area contributed by atoms with E-state index in [0.717, 1.165) is 25.0 Å². The van der Waals surface area contributed by atoms with Crippen LogP contribution < -0.4 is 21.7 Å². The Morgan fingerprint density at radius 1 is 1.10 bits per heavy atom. The fraction of sp³-hybridized carbons (Fsp3) is 0.429. The molecular formula is C28H35N9O4. The number of carbonyl (C=O) groups excluding carboxylic acids is 4. The Labute approximate surface area is 237 Å². The van der Waals surface area contributed by atoms with Gasteiger partial charge in [0.15, 0.2) is 5.69 Å². The highest BCUT2D eigenvalue weighted by atomic mass is 16.2. The van der Waals surface area contributed by atoms with Crippen LogP contribution in [0.2, 0.25) is 0 Å². The lowest BCUT2D eigenvalue weighted by atomic mass is 9.97. The van der Waals surface area contributed by atoms with Crippen molar-refractivity contribution >= 4 is 46.2 Å². The molecule has 3 atom stereocenters. The molecule has 2 fully saturated rings. The van der Waals surface area contributed by atoms with E-state index in [1.165, 1.54) is 4.68 Å². The normalized spacial score (nSPS) is 19.5. The van der Waals surface area contributed by atoms with Crippen molar-refractivity contribution < 1.29 is 19.2 Å². The smallest absolute Gasteiger partial charge is 0.319 e. The van der Waals surface area contributed by atoms with Gasteiger partial charge in [-0.3, -0.25) is 19.1 Å². The molecule has 1 saturated carbocycles. The van der Waals surface area contributed by atoms with Gasteiger partial charge in [-0.2, -0.15) is 5.10 Å². The Hall–Kier alpha value is -4.52. The van der Waals surface area contributed by atoms with Crippen LogP contribution in [0.4, 0.5) is 16.3 Å². The molecule has 1 aromatic carbocycles. The van der Waals surface area contributed by atoms with Crippen LogP contribution >= 0.6 is 0 Å². The van der Waals surface area contributed by atoms with E-state index in [1.54, 1.807) is 29.2 Å². The van der Waals surface area contributed by atoms with E-state index in [0.29, 0.717) is 35.5 Å². The molecular weight excluding hydrogens is 526 g/mol. The molecule has 13 heteroatoms. The van der Waals surface area contributed by atoms with Gasteiger partial charge in [-0.05, 0) is 76.5 Å². The van der Waals surface area contributed by atoms with E-state index in [9.17, 15) is 19.2 Å². The summed E-state index contributed by atoms with van der Waals surface area (Å²) in [6.45, 7) is 2.82. The largest absolute Gasteiger partial charge is 0.364 e. The van der Waals surface area contributed by atoms with E-state index in [1.807, 2.05) is 38.1 Å². The third-order valence-corrected chi connectivity index (χ3v) is 7.65. The number of fused-ring (bicyclic) bond motifs is 3. The second-order valence-electron chi connectivity index (χ2n) is 10.9. The number of hydrogen-bond donors (Lipinski definition) is 4. The number of hydrogen-bond acceptors (Lipinski definition) is 7. The predicted octanol–water partition coefficient (Wildman–Crippen LogP) is 1.54. The van der Waals surface area contributed by atoms with Crippen LogP contribution in [0.1, 0.15) is 35.4 Å². The van der Waals surface area contributed by atoms with Gasteiger partial charge in [0.25, 0.3) is 5.91 Å². The minimum atomic E-state index is -0.753. The molecule has 1 aliphatic carbocycles. The van der Waals surface area contributed by atoms with Crippen molar-refractivity contribution in [1.29, 1.82) is 0 Å². The zero-order valence-electron chi connectivity index (χ0n) is 23.4. The summed E-state index contributed by atoms with van der Waals surface area (Å²) >= 11 is 0. The van der Waals surface area contributed by atoms with Crippen molar-refractivity contribution in [2.24, 2.45) is 11.7 Å². The number of pyridine rings is 1. The Balaban J connectivity index is 1.34. The number of carbonyl (C=O) groups is 4. The summed E-state index contributed by atoms with van der Waals surface area (Å²) in [5.41, 5.74) is 7.35. The van der Waals surface area contributed by atoms with Gasteiger partial charge in [-0.25, -0.2) is 9.78 Å². The number of piperidine rings is 1. The molecule has 0 spiro atoms. The van der Waals surface area contributed by atoms with Gasteiger partial charge < -0.3 is 31.5 Å². The summed E-state index contributed by atoms with van der Waals surface area (Å²) in [7, 11) is 3.82.